The van der Waals surface area contributed by atoms with Gasteiger partial charge in [0.2, 0.25) is 0 Å². The Kier molecular flexibility index (Phi) is 2.45. The van der Waals surface area contributed by atoms with Gasteiger partial charge in [0.25, 0.3) is 0 Å². The summed E-state index contributed by atoms with van der Waals surface area (Å²) in [6.45, 7) is 2.02. The second-order valence-electron chi connectivity index (χ2n) is 3.02. The van der Waals surface area contributed by atoms with Crippen molar-refractivity contribution in [3.05, 3.63) is 33.7 Å². The largest absolute Gasteiger partial charge is 0.192 e. The lowest BCUT2D eigenvalue weighted by molar-refractivity contribution is 1.13. The van der Waals surface area contributed by atoms with Crippen LogP contribution >= 0.6 is 22.9 Å². The number of fused-ring (bicyclic) bond motifs is 1. The van der Waals surface area contributed by atoms with Crippen molar-refractivity contribution in [2.24, 2.45) is 0 Å². The number of nitriles is 1. The van der Waals surface area contributed by atoms with Crippen molar-refractivity contribution in [2.75, 3.05) is 0 Å². The fourth-order valence-electron chi connectivity index (χ4n) is 1.55. The highest BCUT2D eigenvalue weighted by Crippen LogP contribution is 2.34. The molecule has 0 aliphatic rings. The van der Waals surface area contributed by atoms with Gasteiger partial charge in [-0.25, -0.2) is 0 Å². The van der Waals surface area contributed by atoms with E-state index < -0.39 is 0 Å². The highest BCUT2D eigenvalue weighted by molar-refractivity contribution is 7.17. The van der Waals surface area contributed by atoms with Gasteiger partial charge in [-0.05, 0) is 34.9 Å². The van der Waals surface area contributed by atoms with E-state index in [1.807, 2.05) is 24.4 Å². The molecule has 1 aromatic heterocycles. The summed E-state index contributed by atoms with van der Waals surface area (Å²) >= 11 is 7.85. The van der Waals surface area contributed by atoms with E-state index in [9.17, 15) is 0 Å². The zero-order chi connectivity index (χ0) is 10.1. The standard InChI is InChI=1S/C11H8ClNS/c1-2-9-8(6-13)5-7-3-4-14-11(7)10(9)12/h3-5H,2H2,1H3. The summed E-state index contributed by atoms with van der Waals surface area (Å²) in [5, 5.41) is 12.8. The Labute approximate surface area is 91.5 Å². The van der Waals surface area contributed by atoms with E-state index in [-0.39, 0.29) is 0 Å². The first-order chi connectivity index (χ1) is 6.77. The smallest absolute Gasteiger partial charge is 0.0995 e. The molecule has 0 atom stereocenters. The summed E-state index contributed by atoms with van der Waals surface area (Å²) in [6, 6.07) is 6.09. The SMILES string of the molecule is CCc1c(C#N)cc2ccsc2c1Cl. The third-order valence-electron chi connectivity index (χ3n) is 2.26. The van der Waals surface area contributed by atoms with Gasteiger partial charge in [0.05, 0.1) is 21.4 Å². The number of nitrogens with zero attached hydrogens (tertiary/aromatic N) is 1. The molecule has 0 aliphatic heterocycles. The van der Waals surface area contributed by atoms with Gasteiger partial charge in [0, 0.05) is 0 Å². The molecule has 0 saturated heterocycles. The van der Waals surface area contributed by atoms with Crippen LogP contribution in [0.15, 0.2) is 17.5 Å². The molecule has 3 heteroatoms. The molecule has 1 aromatic carbocycles. The Morgan fingerprint density at radius 2 is 2.36 bits per heavy atom. The van der Waals surface area contributed by atoms with Gasteiger partial charge in [-0.3, -0.25) is 0 Å². The van der Waals surface area contributed by atoms with Gasteiger partial charge in [-0.2, -0.15) is 5.26 Å². The van der Waals surface area contributed by atoms with Crippen LogP contribution < -0.4 is 0 Å². The van der Waals surface area contributed by atoms with Gasteiger partial charge in [0.1, 0.15) is 0 Å². The summed E-state index contributed by atoms with van der Waals surface area (Å²) in [5.41, 5.74) is 1.66. The molecule has 0 bridgehead atoms. The fraction of sp³-hybridized carbons (Fsp3) is 0.182. The lowest BCUT2D eigenvalue weighted by Gasteiger charge is -2.04. The van der Waals surface area contributed by atoms with Gasteiger partial charge in [-0.15, -0.1) is 11.3 Å². The van der Waals surface area contributed by atoms with E-state index in [0.29, 0.717) is 5.56 Å². The molecule has 70 valence electrons. The van der Waals surface area contributed by atoms with Gasteiger partial charge >= 0.3 is 0 Å². The first-order valence-corrected chi connectivity index (χ1v) is 5.62. The van der Waals surface area contributed by atoms with Crippen molar-refractivity contribution in [1.29, 1.82) is 5.26 Å². The summed E-state index contributed by atoms with van der Waals surface area (Å²) in [7, 11) is 0. The van der Waals surface area contributed by atoms with E-state index in [4.69, 9.17) is 16.9 Å². The second kappa shape index (κ2) is 3.61. The molecule has 1 heterocycles. The van der Waals surface area contributed by atoms with E-state index in [1.165, 1.54) is 0 Å². The minimum atomic E-state index is 0.698. The molecular formula is C11H8ClNS. The molecule has 0 amide bonds. The van der Waals surface area contributed by atoms with Gasteiger partial charge in [0.15, 0.2) is 0 Å². The summed E-state index contributed by atoms with van der Waals surface area (Å²) in [4.78, 5) is 0. The van der Waals surface area contributed by atoms with Crippen LogP contribution in [0.4, 0.5) is 0 Å². The maximum Gasteiger partial charge on any atom is 0.0995 e. The van der Waals surface area contributed by atoms with Crippen LogP contribution in [0.2, 0.25) is 5.02 Å². The number of rotatable bonds is 1. The van der Waals surface area contributed by atoms with Crippen LogP contribution in [0.5, 0.6) is 0 Å². The van der Waals surface area contributed by atoms with Crippen molar-refractivity contribution in [3.8, 4) is 6.07 Å². The summed E-state index contributed by atoms with van der Waals surface area (Å²) in [6.07, 6.45) is 0.801. The molecule has 2 rings (SSSR count). The van der Waals surface area contributed by atoms with E-state index in [1.54, 1.807) is 11.3 Å². The molecule has 0 radical (unpaired) electrons. The minimum absolute atomic E-state index is 0.698. The predicted molar refractivity (Wildman–Crippen MR) is 60.9 cm³/mol. The number of hydrogen-bond acceptors (Lipinski definition) is 2. The van der Waals surface area contributed by atoms with Crippen molar-refractivity contribution in [2.45, 2.75) is 13.3 Å². The Morgan fingerprint density at radius 3 is 3.00 bits per heavy atom. The molecule has 0 saturated carbocycles. The number of benzene rings is 1. The lowest BCUT2D eigenvalue weighted by atomic mass is 10.0. The number of thiophene rings is 1. The zero-order valence-corrected chi connectivity index (χ0v) is 9.25. The van der Waals surface area contributed by atoms with Gasteiger partial charge < -0.3 is 0 Å². The van der Waals surface area contributed by atoms with E-state index in [2.05, 4.69) is 6.07 Å². The lowest BCUT2D eigenvalue weighted by Crippen LogP contribution is -1.88. The van der Waals surface area contributed by atoms with Gasteiger partial charge in [-0.1, -0.05) is 18.5 Å². The van der Waals surface area contributed by atoms with Crippen molar-refractivity contribution in [3.63, 3.8) is 0 Å². The average molecular weight is 222 g/mol. The van der Waals surface area contributed by atoms with Crippen molar-refractivity contribution in [1.82, 2.24) is 0 Å². The highest BCUT2D eigenvalue weighted by atomic mass is 35.5. The Balaban J connectivity index is 2.87. The molecule has 0 unspecified atom stereocenters. The van der Waals surface area contributed by atoms with Crippen LogP contribution in [-0.4, -0.2) is 0 Å². The molecule has 0 aliphatic carbocycles. The summed E-state index contributed by atoms with van der Waals surface area (Å²) in [5.74, 6) is 0. The molecule has 0 spiro atoms. The van der Waals surface area contributed by atoms with Crippen molar-refractivity contribution < 1.29 is 0 Å². The monoisotopic (exact) mass is 221 g/mol. The molecule has 1 nitrogen and oxygen atoms in total. The first kappa shape index (κ1) is 9.51. The van der Waals surface area contributed by atoms with Crippen LogP contribution in [0.3, 0.4) is 0 Å². The van der Waals surface area contributed by atoms with Crippen LogP contribution in [0, 0.1) is 11.3 Å². The minimum Gasteiger partial charge on any atom is -0.192 e. The second-order valence-corrected chi connectivity index (χ2v) is 4.32. The molecule has 0 N–H and O–H groups in total. The van der Waals surface area contributed by atoms with Crippen molar-refractivity contribution >= 4 is 33.0 Å². The molecule has 14 heavy (non-hydrogen) atoms. The summed E-state index contributed by atoms with van der Waals surface area (Å²) < 4.78 is 1.09. The van der Waals surface area contributed by atoms with Crippen LogP contribution in [0.1, 0.15) is 18.1 Å². The van der Waals surface area contributed by atoms with Crippen LogP contribution in [0.25, 0.3) is 10.1 Å². The van der Waals surface area contributed by atoms with E-state index >= 15 is 0 Å². The topological polar surface area (TPSA) is 23.8 Å². The Hall–Kier alpha value is -1.04. The average Bonchev–Trinajstić information content (AvgIpc) is 2.65. The molecule has 2 aromatic rings. The van der Waals surface area contributed by atoms with Crippen LogP contribution in [-0.2, 0) is 6.42 Å². The Morgan fingerprint density at radius 1 is 1.57 bits per heavy atom. The maximum atomic E-state index is 8.97. The normalized spacial score (nSPS) is 10.4. The quantitative estimate of drug-likeness (QED) is 0.715. The number of halogens is 1. The molecular weight excluding hydrogens is 214 g/mol. The first-order valence-electron chi connectivity index (χ1n) is 4.36. The fourth-order valence-corrected chi connectivity index (χ4v) is 2.87. The van der Waals surface area contributed by atoms with E-state index in [0.717, 1.165) is 27.1 Å². The molecule has 0 fully saturated rings. The third-order valence-corrected chi connectivity index (χ3v) is 3.74. The zero-order valence-electron chi connectivity index (χ0n) is 7.67. The Bertz CT molecular complexity index is 522. The third kappa shape index (κ3) is 1.30. The highest BCUT2D eigenvalue weighted by Gasteiger charge is 2.10. The predicted octanol–water partition coefficient (Wildman–Crippen LogP) is 3.99. The number of hydrogen-bond donors (Lipinski definition) is 0. The maximum absolute atomic E-state index is 8.97.